The second-order valence-electron chi connectivity index (χ2n) is 6.27. The zero-order valence-electron chi connectivity index (χ0n) is 15.6. The van der Waals surface area contributed by atoms with Gasteiger partial charge in [-0.15, -0.1) is 0 Å². The van der Waals surface area contributed by atoms with Crippen molar-refractivity contribution in [2.24, 2.45) is 0 Å². The van der Waals surface area contributed by atoms with Crippen LogP contribution in [0.15, 0.2) is 72.8 Å². The minimum Gasteiger partial charge on any atom is -0.481 e. The van der Waals surface area contributed by atoms with Crippen molar-refractivity contribution >= 4 is 29.0 Å². The number of halogens is 1. The highest BCUT2D eigenvalue weighted by molar-refractivity contribution is 6.30. The van der Waals surface area contributed by atoms with Crippen molar-refractivity contribution in [3.05, 3.63) is 94.5 Å². The van der Waals surface area contributed by atoms with Crippen LogP contribution in [0.5, 0.6) is 5.75 Å². The number of hydrogen-bond acceptors (Lipinski definition) is 4. The van der Waals surface area contributed by atoms with Crippen molar-refractivity contribution in [2.75, 3.05) is 5.32 Å². The summed E-state index contributed by atoms with van der Waals surface area (Å²) in [6.45, 7) is 1.61. The van der Waals surface area contributed by atoms with Crippen molar-refractivity contribution in [1.29, 1.82) is 5.26 Å². The van der Waals surface area contributed by atoms with Crippen LogP contribution >= 0.6 is 11.6 Å². The first kappa shape index (κ1) is 20.1. The van der Waals surface area contributed by atoms with Gasteiger partial charge in [-0.3, -0.25) is 9.59 Å². The molecule has 0 aliphatic rings. The maximum absolute atomic E-state index is 12.5. The van der Waals surface area contributed by atoms with Crippen molar-refractivity contribution in [2.45, 2.75) is 13.0 Å². The fourth-order valence-corrected chi connectivity index (χ4v) is 2.76. The number of carbonyl (C=O) groups excluding carboxylic acids is 2. The molecule has 0 spiro atoms. The number of hydrogen-bond donors (Lipinski definition) is 1. The Morgan fingerprint density at radius 3 is 2.17 bits per heavy atom. The van der Waals surface area contributed by atoms with Gasteiger partial charge in [0.2, 0.25) is 0 Å². The van der Waals surface area contributed by atoms with Crippen LogP contribution in [0.2, 0.25) is 5.02 Å². The maximum atomic E-state index is 12.5. The Bertz CT molecular complexity index is 1070. The molecule has 0 aliphatic carbocycles. The van der Waals surface area contributed by atoms with Gasteiger partial charge in [0, 0.05) is 16.1 Å². The molecule has 0 aliphatic heterocycles. The highest BCUT2D eigenvalue weighted by Crippen LogP contribution is 2.19. The number of nitrogens with one attached hydrogen (secondary N) is 1. The molecule has 29 heavy (non-hydrogen) atoms. The summed E-state index contributed by atoms with van der Waals surface area (Å²) in [4.78, 5) is 24.9. The van der Waals surface area contributed by atoms with Gasteiger partial charge in [0.15, 0.2) is 11.9 Å². The van der Waals surface area contributed by atoms with E-state index in [-0.39, 0.29) is 11.7 Å². The molecule has 1 N–H and O–H groups in total. The smallest absolute Gasteiger partial charge is 0.265 e. The molecule has 1 amide bonds. The van der Waals surface area contributed by atoms with E-state index in [2.05, 4.69) is 5.32 Å². The molecule has 5 nitrogen and oxygen atoms in total. The Morgan fingerprint density at radius 1 is 0.966 bits per heavy atom. The van der Waals surface area contributed by atoms with E-state index in [1.54, 1.807) is 79.7 Å². The number of carbonyl (C=O) groups is 2. The third-order valence-corrected chi connectivity index (χ3v) is 4.46. The van der Waals surface area contributed by atoms with E-state index in [1.165, 1.54) is 0 Å². The SMILES string of the molecule is C[C@@H](Oc1ccc(C(=O)c2ccc(Cl)cc2)cc1)C(=O)Nc1ccccc1C#N. The average molecular weight is 405 g/mol. The van der Waals surface area contributed by atoms with Gasteiger partial charge in [0.05, 0.1) is 11.3 Å². The van der Waals surface area contributed by atoms with Crippen LogP contribution in [0.1, 0.15) is 28.4 Å². The minimum absolute atomic E-state index is 0.132. The largest absolute Gasteiger partial charge is 0.481 e. The van der Waals surface area contributed by atoms with E-state index in [4.69, 9.17) is 21.6 Å². The van der Waals surface area contributed by atoms with Crippen LogP contribution in [0.4, 0.5) is 5.69 Å². The predicted octanol–water partition coefficient (Wildman–Crippen LogP) is 4.85. The van der Waals surface area contributed by atoms with E-state index in [1.807, 2.05) is 6.07 Å². The molecule has 3 rings (SSSR count). The number of rotatable bonds is 6. The molecule has 0 unspecified atom stereocenters. The summed E-state index contributed by atoms with van der Waals surface area (Å²) in [5.41, 5.74) is 1.84. The van der Waals surface area contributed by atoms with E-state index in [0.717, 1.165) is 0 Å². The molecule has 0 saturated carbocycles. The van der Waals surface area contributed by atoms with E-state index < -0.39 is 6.10 Å². The molecule has 0 fully saturated rings. The van der Waals surface area contributed by atoms with Crippen molar-refractivity contribution in [1.82, 2.24) is 0 Å². The lowest BCUT2D eigenvalue weighted by atomic mass is 10.0. The third-order valence-electron chi connectivity index (χ3n) is 4.21. The zero-order valence-corrected chi connectivity index (χ0v) is 16.3. The minimum atomic E-state index is -0.792. The van der Waals surface area contributed by atoms with E-state index >= 15 is 0 Å². The molecular formula is C23H17ClN2O3. The van der Waals surface area contributed by atoms with Gasteiger partial charge in [-0.2, -0.15) is 5.26 Å². The van der Waals surface area contributed by atoms with Gasteiger partial charge in [0.1, 0.15) is 11.8 Å². The highest BCUT2D eigenvalue weighted by Gasteiger charge is 2.17. The highest BCUT2D eigenvalue weighted by atomic mass is 35.5. The number of nitrogens with zero attached hydrogens (tertiary/aromatic N) is 1. The van der Waals surface area contributed by atoms with Crippen LogP contribution in [0, 0.1) is 11.3 Å². The standard InChI is InChI=1S/C23H17ClN2O3/c1-15(23(28)26-21-5-3-2-4-18(21)14-25)29-20-12-8-17(9-13-20)22(27)16-6-10-19(24)11-7-16/h2-13,15H,1H3,(H,26,28)/t15-/m1/s1. The molecule has 144 valence electrons. The van der Waals surface area contributed by atoms with Gasteiger partial charge in [-0.25, -0.2) is 0 Å². The maximum Gasteiger partial charge on any atom is 0.265 e. The van der Waals surface area contributed by atoms with Crippen LogP contribution < -0.4 is 10.1 Å². The summed E-state index contributed by atoms with van der Waals surface area (Å²) in [7, 11) is 0. The lowest BCUT2D eigenvalue weighted by Crippen LogP contribution is -2.30. The monoisotopic (exact) mass is 404 g/mol. The van der Waals surface area contributed by atoms with Crippen LogP contribution in [0.25, 0.3) is 0 Å². The van der Waals surface area contributed by atoms with Crippen LogP contribution in [-0.4, -0.2) is 17.8 Å². The first-order chi connectivity index (χ1) is 14.0. The van der Waals surface area contributed by atoms with Crippen LogP contribution in [-0.2, 0) is 4.79 Å². The third kappa shape index (κ3) is 5.01. The fraction of sp³-hybridized carbons (Fsp3) is 0.0870. The Hall–Kier alpha value is -3.62. The second kappa shape index (κ2) is 9.05. The molecule has 0 radical (unpaired) electrons. The number of para-hydroxylation sites is 1. The van der Waals surface area contributed by atoms with Gasteiger partial charge < -0.3 is 10.1 Å². The second-order valence-corrected chi connectivity index (χ2v) is 6.70. The summed E-state index contributed by atoms with van der Waals surface area (Å²) >= 11 is 5.85. The van der Waals surface area contributed by atoms with Gasteiger partial charge in [-0.1, -0.05) is 23.7 Å². The Balaban J connectivity index is 1.64. The van der Waals surface area contributed by atoms with Crippen LogP contribution in [0.3, 0.4) is 0 Å². The number of benzene rings is 3. The first-order valence-electron chi connectivity index (χ1n) is 8.85. The average Bonchev–Trinajstić information content (AvgIpc) is 2.74. The topological polar surface area (TPSA) is 79.2 Å². The molecule has 0 aromatic heterocycles. The first-order valence-corrected chi connectivity index (χ1v) is 9.22. The Morgan fingerprint density at radius 2 is 1.55 bits per heavy atom. The number of ether oxygens (including phenoxy) is 1. The molecule has 0 bridgehead atoms. The lowest BCUT2D eigenvalue weighted by Gasteiger charge is -2.15. The molecule has 6 heteroatoms. The van der Waals surface area contributed by atoms with Gasteiger partial charge in [0.25, 0.3) is 5.91 Å². The molecule has 3 aromatic rings. The van der Waals surface area contributed by atoms with Crippen molar-refractivity contribution in [3.63, 3.8) is 0 Å². The summed E-state index contributed by atoms with van der Waals surface area (Å²) in [6.07, 6.45) is -0.792. The summed E-state index contributed by atoms with van der Waals surface area (Å²) < 4.78 is 5.65. The summed E-state index contributed by atoms with van der Waals surface area (Å²) in [6, 6.07) is 22.0. The van der Waals surface area contributed by atoms with Gasteiger partial charge in [-0.05, 0) is 67.6 Å². The number of anilines is 1. The van der Waals surface area contributed by atoms with Gasteiger partial charge >= 0.3 is 0 Å². The number of ketones is 1. The molecule has 3 aromatic carbocycles. The summed E-state index contributed by atoms with van der Waals surface area (Å²) in [5.74, 6) is -0.0602. The molecule has 1 atom stereocenters. The van der Waals surface area contributed by atoms with Crippen molar-refractivity contribution in [3.8, 4) is 11.8 Å². The number of amides is 1. The van der Waals surface area contributed by atoms with Crippen molar-refractivity contribution < 1.29 is 14.3 Å². The normalized spacial score (nSPS) is 11.2. The lowest BCUT2D eigenvalue weighted by molar-refractivity contribution is -0.122. The Kier molecular flexibility index (Phi) is 6.28. The van der Waals surface area contributed by atoms with E-state index in [9.17, 15) is 9.59 Å². The molecular weight excluding hydrogens is 388 g/mol. The Labute approximate surface area is 173 Å². The van der Waals surface area contributed by atoms with E-state index in [0.29, 0.717) is 33.1 Å². The summed E-state index contributed by atoms with van der Waals surface area (Å²) in [5, 5.41) is 12.4. The quantitative estimate of drug-likeness (QED) is 0.595. The molecule has 0 heterocycles. The zero-order chi connectivity index (χ0) is 20.8. The predicted molar refractivity (Wildman–Crippen MR) is 111 cm³/mol. The number of nitriles is 1. The fourth-order valence-electron chi connectivity index (χ4n) is 2.63. The molecule has 0 saturated heterocycles.